The first-order valence-corrected chi connectivity index (χ1v) is 4.62. The van der Waals surface area contributed by atoms with Crippen molar-refractivity contribution in [1.29, 1.82) is 0 Å². The van der Waals surface area contributed by atoms with E-state index in [0.717, 1.165) is 26.2 Å². The van der Waals surface area contributed by atoms with Gasteiger partial charge in [0.05, 0.1) is 0 Å². The molecule has 0 saturated carbocycles. The van der Waals surface area contributed by atoms with Gasteiger partial charge >= 0.3 is 6.03 Å². The van der Waals surface area contributed by atoms with Crippen molar-refractivity contribution in [1.82, 2.24) is 15.7 Å². The number of primary amides is 1. The second-order valence-corrected chi connectivity index (χ2v) is 3.15. The van der Waals surface area contributed by atoms with E-state index in [4.69, 9.17) is 10.3 Å². The number of piperazine rings is 1. The molecule has 1 saturated heterocycles. The molecule has 1 aromatic rings. The van der Waals surface area contributed by atoms with Crippen LogP contribution in [0.25, 0.3) is 0 Å². The lowest BCUT2D eigenvalue weighted by molar-refractivity contribution is 0.258. The van der Waals surface area contributed by atoms with Crippen LogP contribution in [0.2, 0.25) is 0 Å². The van der Waals surface area contributed by atoms with Gasteiger partial charge in [-0.25, -0.2) is 4.79 Å². The molecule has 15 heavy (non-hydrogen) atoms. The van der Waals surface area contributed by atoms with E-state index >= 15 is 0 Å². The Balaban J connectivity index is 2.12. The molecule has 0 atom stereocenters. The van der Waals surface area contributed by atoms with Crippen molar-refractivity contribution in [3.8, 4) is 0 Å². The van der Waals surface area contributed by atoms with Crippen LogP contribution in [0.15, 0.2) is 4.52 Å². The van der Waals surface area contributed by atoms with E-state index in [9.17, 15) is 4.79 Å². The highest BCUT2D eigenvalue weighted by Crippen LogP contribution is 2.22. The van der Waals surface area contributed by atoms with Gasteiger partial charge in [-0.3, -0.25) is 5.32 Å². The first kappa shape index (κ1) is 9.71. The van der Waals surface area contributed by atoms with Crippen molar-refractivity contribution in [3.05, 3.63) is 0 Å². The first-order valence-electron chi connectivity index (χ1n) is 4.62. The van der Waals surface area contributed by atoms with E-state index in [1.165, 1.54) is 0 Å². The molecule has 1 aliphatic heterocycles. The highest BCUT2D eigenvalue weighted by molar-refractivity contribution is 5.88. The SMILES string of the molecule is NC(=O)Nc1onnc1N1CCNCC1. The lowest BCUT2D eigenvalue weighted by Gasteiger charge is -2.26. The minimum absolute atomic E-state index is 0.199. The normalized spacial score (nSPS) is 16.4. The zero-order chi connectivity index (χ0) is 10.7. The lowest BCUT2D eigenvalue weighted by Crippen LogP contribution is -2.44. The van der Waals surface area contributed by atoms with Gasteiger partial charge in [-0.1, -0.05) is 5.10 Å². The van der Waals surface area contributed by atoms with Crippen molar-refractivity contribution in [2.45, 2.75) is 0 Å². The maximum Gasteiger partial charge on any atom is 0.319 e. The highest BCUT2D eigenvalue weighted by Gasteiger charge is 2.20. The van der Waals surface area contributed by atoms with Crippen LogP contribution < -0.4 is 21.3 Å². The van der Waals surface area contributed by atoms with Gasteiger partial charge < -0.3 is 20.5 Å². The Bertz CT molecular complexity index is 345. The van der Waals surface area contributed by atoms with Crippen molar-refractivity contribution in [2.24, 2.45) is 5.73 Å². The Morgan fingerprint density at radius 3 is 2.93 bits per heavy atom. The van der Waals surface area contributed by atoms with Crippen molar-refractivity contribution in [2.75, 3.05) is 36.4 Å². The second kappa shape index (κ2) is 4.13. The molecule has 0 unspecified atom stereocenters. The van der Waals surface area contributed by atoms with Gasteiger partial charge in [-0.05, 0) is 0 Å². The van der Waals surface area contributed by atoms with Crippen molar-refractivity contribution >= 4 is 17.7 Å². The van der Waals surface area contributed by atoms with E-state index in [-0.39, 0.29) is 5.88 Å². The van der Waals surface area contributed by atoms with E-state index in [1.807, 2.05) is 4.90 Å². The summed E-state index contributed by atoms with van der Waals surface area (Å²) in [5.41, 5.74) is 4.99. The number of nitrogens with two attached hydrogens (primary N) is 1. The molecule has 1 fully saturated rings. The number of hydrogen-bond donors (Lipinski definition) is 3. The van der Waals surface area contributed by atoms with E-state index in [2.05, 4.69) is 21.0 Å². The first-order chi connectivity index (χ1) is 7.27. The molecule has 1 aromatic heterocycles. The van der Waals surface area contributed by atoms with Gasteiger partial charge in [0, 0.05) is 31.5 Å². The molecule has 8 nitrogen and oxygen atoms in total. The highest BCUT2D eigenvalue weighted by atomic mass is 16.5. The minimum atomic E-state index is -0.690. The number of hydrogen-bond acceptors (Lipinski definition) is 6. The predicted octanol–water partition coefficient (Wildman–Crippen LogP) is -1.03. The van der Waals surface area contributed by atoms with Gasteiger partial charge in [-0.2, -0.15) is 0 Å². The fraction of sp³-hybridized carbons (Fsp3) is 0.571. The zero-order valence-electron chi connectivity index (χ0n) is 8.06. The molecule has 82 valence electrons. The fourth-order valence-electron chi connectivity index (χ4n) is 1.46. The summed E-state index contributed by atoms with van der Waals surface area (Å²) >= 11 is 0. The molecule has 2 rings (SSSR count). The third kappa shape index (κ3) is 2.15. The Labute approximate surface area is 85.8 Å². The van der Waals surface area contributed by atoms with Crippen LogP contribution in [0.5, 0.6) is 0 Å². The van der Waals surface area contributed by atoms with Crippen LogP contribution in [0.4, 0.5) is 16.5 Å². The topological polar surface area (TPSA) is 109 Å². The Hall–Kier alpha value is -1.83. The zero-order valence-corrected chi connectivity index (χ0v) is 8.06. The number of carbonyl (C=O) groups excluding carboxylic acids is 1. The number of nitrogens with zero attached hydrogens (tertiary/aromatic N) is 3. The molecule has 0 aromatic carbocycles. The number of carbonyl (C=O) groups is 1. The second-order valence-electron chi connectivity index (χ2n) is 3.15. The van der Waals surface area contributed by atoms with Gasteiger partial charge in [-0.15, -0.1) is 0 Å². The van der Waals surface area contributed by atoms with Crippen LogP contribution in [0, 0.1) is 0 Å². The van der Waals surface area contributed by atoms with Crippen LogP contribution in [-0.4, -0.2) is 42.6 Å². The van der Waals surface area contributed by atoms with Crippen LogP contribution in [0.3, 0.4) is 0 Å². The van der Waals surface area contributed by atoms with Gasteiger partial charge in [0.25, 0.3) is 5.88 Å². The third-order valence-electron chi connectivity index (χ3n) is 2.12. The minimum Gasteiger partial charge on any atom is -0.351 e. The smallest absolute Gasteiger partial charge is 0.319 e. The molecule has 0 radical (unpaired) electrons. The molecule has 2 amide bonds. The molecule has 2 heterocycles. The van der Waals surface area contributed by atoms with E-state index in [1.54, 1.807) is 0 Å². The Morgan fingerprint density at radius 2 is 2.27 bits per heavy atom. The number of rotatable bonds is 2. The predicted molar refractivity (Wildman–Crippen MR) is 52.6 cm³/mol. The largest absolute Gasteiger partial charge is 0.351 e. The van der Waals surface area contributed by atoms with Gasteiger partial charge in [0.2, 0.25) is 5.82 Å². The molecule has 1 aliphatic rings. The monoisotopic (exact) mass is 212 g/mol. The third-order valence-corrected chi connectivity index (χ3v) is 2.12. The Morgan fingerprint density at radius 1 is 1.53 bits per heavy atom. The molecule has 4 N–H and O–H groups in total. The molecular weight excluding hydrogens is 200 g/mol. The van der Waals surface area contributed by atoms with E-state index in [0.29, 0.717) is 5.82 Å². The summed E-state index contributed by atoms with van der Waals surface area (Å²) in [7, 11) is 0. The molecule has 8 heteroatoms. The Kier molecular flexibility index (Phi) is 2.68. The summed E-state index contributed by atoms with van der Waals surface area (Å²) in [4.78, 5) is 12.6. The summed E-state index contributed by atoms with van der Waals surface area (Å²) in [5, 5.41) is 12.7. The number of aromatic nitrogens is 2. The lowest BCUT2D eigenvalue weighted by atomic mass is 10.3. The molecule has 0 bridgehead atoms. The summed E-state index contributed by atoms with van der Waals surface area (Å²) < 4.78 is 4.79. The van der Waals surface area contributed by atoms with Crippen molar-refractivity contribution < 1.29 is 9.32 Å². The summed E-state index contributed by atoms with van der Waals surface area (Å²) in [6.07, 6.45) is 0. The van der Waals surface area contributed by atoms with Gasteiger partial charge in [0.15, 0.2) is 0 Å². The van der Waals surface area contributed by atoms with Crippen LogP contribution in [-0.2, 0) is 0 Å². The van der Waals surface area contributed by atoms with E-state index < -0.39 is 6.03 Å². The number of amides is 2. The maximum absolute atomic E-state index is 10.7. The number of anilines is 2. The number of nitrogens with one attached hydrogen (secondary N) is 2. The fourth-order valence-corrected chi connectivity index (χ4v) is 1.46. The quantitative estimate of drug-likeness (QED) is 0.578. The molecule has 0 aliphatic carbocycles. The maximum atomic E-state index is 10.7. The number of urea groups is 1. The summed E-state index contributed by atoms with van der Waals surface area (Å²) in [6, 6.07) is -0.690. The average molecular weight is 212 g/mol. The average Bonchev–Trinajstić information content (AvgIpc) is 2.66. The summed E-state index contributed by atoms with van der Waals surface area (Å²) in [6.45, 7) is 3.31. The standard InChI is InChI=1S/C7H12N6O2/c8-7(14)10-6-5(11-12-15-6)13-3-1-9-2-4-13/h9H,1-4H2,(H3,8,10,14). The van der Waals surface area contributed by atoms with Crippen LogP contribution in [0.1, 0.15) is 0 Å². The van der Waals surface area contributed by atoms with Gasteiger partial charge in [0.1, 0.15) is 0 Å². The molecular formula is C7H12N6O2. The summed E-state index contributed by atoms with van der Waals surface area (Å²) in [5.74, 6) is 0.722. The van der Waals surface area contributed by atoms with Crippen LogP contribution >= 0.6 is 0 Å². The van der Waals surface area contributed by atoms with Crippen molar-refractivity contribution in [3.63, 3.8) is 0 Å². The molecule has 0 spiro atoms.